The second kappa shape index (κ2) is 11.9. The number of halogens is 3. The highest BCUT2D eigenvalue weighted by Gasteiger charge is 2.31. The topological polar surface area (TPSA) is 79.3 Å². The van der Waals surface area contributed by atoms with Crippen molar-refractivity contribution in [1.82, 2.24) is 14.7 Å². The van der Waals surface area contributed by atoms with Gasteiger partial charge in [0.1, 0.15) is 12.4 Å². The summed E-state index contributed by atoms with van der Waals surface area (Å²) in [7, 11) is 0. The van der Waals surface area contributed by atoms with E-state index in [1.807, 2.05) is 58.0 Å². The molecule has 0 atom stereocenters. The van der Waals surface area contributed by atoms with Crippen molar-refractivity contribution in [3.8, 4) is 5.69 Å². The Kier molecular flexibility index (Phi) is 8.51. The molecular formula is C31H32F3N5O2. The molecule has 0 aliphatic heterocycles. The number of carbonyl (C=O) groups is 2. The van der Waals surface area contributed by atoms with Crippen LogP contribution in [0.4, 0.5) is 29.5 Å². The Balaban J connectivity index is 1.58. The van der Waals surface area contributed by atoms with Gasteiger partial charge in [0.2, 0.25) is 5.91 Å². The molecule has 10 heteroatoms. The van der Waals surface area contributed by atoms with Crippen molar-refractivity contribution in [3.63, 3.8) is 0 Å². The van der Waals surface area contributed by atoms with Gasteiger partial charge in [-0.2, -0.15) is 18.3 Å². The molecule has 41 heavy (non-hydrogen) atoms. The number of amides is 3. The number of alkyl halides is 3. The molecule has 0 bridgehead atoms. The largest absolute Gasteiger partial charge is 0.416 e. The Bertz CT molecular complexity index is 1510. The predicted molar refractivity (Wildman–Crippen MR) is 153 cm³/mol. The zero-order valence-corrected chi connectivity index (χ0v) is 23.3. The molecule has 7 nitrogen and oxygen atoms in total. The first-order chi connectivity index (χ1) is 19.3. The van der Waals surface area contributed by atoms with E-state index in [4.69, 9.17) is 5.10 Å². The van der Waals surface area contributed by atoms with Gasteiger partial charge in [-0.1, -0.05) is 74.9 Å². The van der Waals surface area contributed by atoms with E-state index in [9.17, 15) is 22.8 Å². The first-order valence-electron chi connectivity index (χ1n) is 13.0. The molecular weight excluding hydrogens is 531 g/mol. The van der Waals surface area contributed by atoms with Gasteiger partial charge < -0.3 is 15.5 Å². The maximum Gasteiger partial charge on any atom is 0.416 e. The van der Waals surface area contributed by atoms with Gasteiger partial charge in [-0.3, -0.25) is 4.79 Å². The van der Waals surface area contributed by atoms with Crippen LogP contribution >= 0.6 is 0 Å². The number of hydrogen-bond acceptors (Lipinski definition) is 3. The molecule has 0 saturated carbocycles. The minimum Gasteiger partial charge on any atom is -0.311 e. The van der Waals surface area contributed by atoms with E-state index in [0.717, 1.165) is 34.6 Å². The van der Waals surface area contributed by atoms with Crippen LogP contribution in [-0.4, -0.2) is 33.2 Å². The number of hydrogen-bond donors (Lipinski definition) is 2. The first-order valence-corrected chi connectivity index (χ1v) is 13.0. The van der Waals surface area contributed by atoms with Crippen molar-refractivity contribution in [1.29, 1.82) is 0 Å². The molecule has 0 spiro atoms. The van der Waals surface area contributed by atoms with E-state index in [-0.39, 0.29) is 24.2 Å². The molecule has 0 fully saturated rings. The molecule has 0 aliphatic carbocycles. The number of aromatic nitrogens is 2. The van der Waals surface area contributed by atoms with Gasteiger partial charge >= 0.3 is 12.2 Å². The van der Waals surface area contributed by atoms with Crippen LogP contribution in [0.5, 0.6) is 0 Å². The standard InChI is InChI=1S/C31H32F3N5O2/c1-21-13-15-25(16-14-21)39-27(18-26(37-39)30(2,3)4)36-28(40)20-38(19-22-9-6-5-7-10-22)29(41)35-24-12-8-11-23(17-24)31(32,33)34/h5-18H,19-20H2,1-4H3,(H,35,41)(H,36,40). The number of carbonyl (C=O) groups excluding carboxylic acids is 2. The van der Waals surface area contributed by atoms with Crippen molar-refractivity contribution in [3.05, 3.63) is 107 Å². The summed E-state index contributed by atoms with van der Waals surface area (Å²) in [5.41, 5.74) is 2.13. The van der Waals surface area contributed by atoms with Crippen LogP contribution in [0.25, 0.3) is 5.69 Å². The van der Waals surface area contributed by atoms with Crippen LogP contribution < -0.4 is 10.6 Å². The molecule has 0 unspecified atom stereocenters. The summed E-state index contributed by atoms with van der Waals surface area (Å²) < 4.78 is 41.2. The molecule has 1 aromatic heterocycles. The van der Waals surface area contributed by atoms with Crippen LogP contribution in [0.15, 0.2) is 84.9 Å². The molecule has 0 radical (unpaired) electrons. The summed E-state index contributed by atoms with van der Waals surface area (Å²) in [4.78, 5) is 27.8. The van der Waals surface area contributed by atoms with Gasteiger partial charge in [0.05, 0.1) is 16.9 Å². The highest BCUT2D eigenvalue weighted by Crippen LogP contribution is 2.31. The molecule has 4 rings (SSSR count). The number of nitrogens with zero attached hydrogens (tertiary/aromatic N) is 3. The van der Waals surface area contributed by atoms with E-state index in [0.29, 0.717) is 5.82 Å². The summed E-state index contributed by atoms with van der Waals surface area (Å²) in [6.07, 6.45) is -4.56. The number of anilines is 2. The number of benzene rings is 3. The molecule has 2 N–H and O–H groups in total. The lowest BCUT2D eigenvalue weighted by Crippen LogP contribution is -2.40. The Hall–Kier alpha value is -4.60. The molecule has 0 saturated heterocycles. The molecule has 3 aromatic carbocycles. The lowest BCUT2D eigenvalue weighted by molar-refractivity contribution is -0.137. The van der Waals surface area contributed by atoms with Gasteiger partial charge in [0.25, 0.3) is 0 Å². The average molecular weight is 564 g/mol. The third kappa shape index (κ3) is 7.75. The number of urea groups is 1. The van der Waals surface area contributed by atoms with Gasteiger partial charge in [0.15, 0.2) is 0 Å². The van der Waals surface area contributed by atoms with Crippen molar-refractivity contribution < 1.29 is 22.8 Å². The summed E-state index contributed by atoms with van der Waals surface area (Å²) >= 11 is 0. The van der Waals surface area contributed by atoms with Gasteiger partial charge in [-0.05, 0) is 42.8 Å². The Morgan fingerprint density at radius 1 is 0.878 bits per heavy atom. The van der Waals surface area contributed by atoms with Gasteiger partial charge in [-0.15, -0.1) is 0 Å². The Morgan fingerprint density at radius 2 is 1.56 bits per heavy atom. The molecule has 4 aromatic rings. The minimum absolute atomic E-state index is 0.0319. The van der Waals surface area contributed by atoms with Crippen molar-refractivity contribution in [2.24, 2.45) is 0 Å². The van der Waals surface area contributed by atoms with E-state index in [1.54, 1.807) is 35.0 Å². The molecule has 214 valence electrons. The first kappa shape index (κ1) is 29.4. The normalized spacial score (nSPS) is 11.7. The monoisotopic (exact) mass is 563 g/mol. The van der Waals surface area contributed by atoms with Crippen LogP contribution in [-0.2, 0) is 22.9 Å². The van der Waals surface area contributed by atoms with Crippen LogP contribution in [0, 0.1) is 6.92 Å². The van der Waals surface area contributed by atoms with Crippen molar-refractivity contribution in [2.45, 2.75) is 45.8 Å². The Morgan fingerprint density at radius 3 is 2.20 bits per heavy atom. The number of nitrogens with one attached hydrogen (secondary N) is 2. The highest BCUT2D eigenvalue weighted by atomic mass is 19.4. The summed E-state index contributed by atoms with van der Waals surface area (Å²) in [5, 5.41) is 10.1. The summed E-state index contributed by atoms with van der Waals surface area (Å²) in [6.45, 7) is 7.72. The fourth-order valence-electron chi connectivity index (χ4n) is 4.05. The maximum atomic E-state index is 13.3. The SMILES string of the molecule is Cc1ccc(-n2nc(C(C)(C)C)cc2NC(=O)CN(Cc2ccccc2)C(=O)Nc2cccc(C(F)(F)F)c2)cc1. The quantitative estimate of drug-likeness (QED) is 0.250. The maximum absolute atomic E-state index is 13.3. The second-order valence-corrected chi connectivity index (χ2v) is 10.8. The zero-order chi connectivity index (χ0) is 29.8. The lowest BCUT2D eigenvalue weighted by Gasteiger charge is -2.23. The second-order valence-electron chi connectivity index (χ2n) is 10.8. The van der Waals surface area contributed by atoms with E-state index in [1.165, 1.54) is 17.0 Å². The minimum atomic E-state index is -4.56. The Labute approximate surface area is 237 Å². The predicted octanol–water partition coefficient (Wildman–Crippen LogP) is 7.17. The average Bonchev–Trinajstić information content (AvgIpc) is 3.33. The lowest BCUT2D eigenvalue weighted by atomic mass is 9.92. The van der Waals surface area contributed by atoms with Gasteiger partial charge in [0, 0.05) is 23.7 Å². The number of aryl methyl sites for hydroxylation is 1. The smallest absolute Gasteiger partial charge is 0.311 e. The fraction of sp³-hybridized carbons (Fsp3) is 0.258. The van der Waals surface area contributed by atoms with Gasteiger partial charge in [-0.25, -0.2) is 9.48 Å². The molecule has 3 amide bonds. The van der Waals surface area contributed by atoms with E-state index >= 15 is 0 Å². The third-order valence-electron chi connectivity index (χ3n) is 6.30. The van der Waals surface area contributed by atoms with Crippen LogP contribution in [0.2, 0.25) is 0 Å². The van der Waals surface area contributed by atoms with Crippen LogP contribution in [0.1, 0.15) is 43.2 Å². The van der Waals surface area contributed by atoms with Crippen molar-refractivity contribution >= 4 is 23.4 Å². The summed E-state index contributed by atoms with van der Waals surface area (Å²) in [6, 6.07) is 22.1. The van der Waals surface area contributed by atoms with E-state index in [2.05, 4.69) is 10.6 Å². The molecule has 1 heterocycles. The highest BCUT2D eigenvalue weighted by molar-refractivity contribution is 5.96. The van der Waals surface area contributed by atoms with Crippen LogP contribution in [0.3, 0.4) is 0 Å². The molecule has 0 aliphatic rings. The number of rotatable bonds is 7. The fourth-order valence-corrected chi connectivity index (χ4v) is 4.05. The summed E-state index contributed by atoms with van der Waals surface area (Å²) in [5.74, 6) is -0.0597. The third-order valence-corrected chi connectivity index (χ3v) is 6.30. The van der Waals surface area contributed by atoms with E-state index < -0.39 is 23.7 Å². The van der Waals surface area contributed by atoms with Crippen molar-refractivity contribution in [2.75, 3.05) is 17.2 Å². The zero-order valence-electron chi connectivity index (χ0n) is 23.3.